The fourth-order valence-electron chi connectivity index (χ4n) is 2.68. The summed E-state index contributed by atoms with van der Waals surface area (Å²) in [4.78, 5) is 25.6. The Hall–Kier alpha value is -1.96. The number of methoxy groups -OCH3 is 1. The van der Waals surface area contributed by atoms with Crippen molar-refractivity contribution in [3.8, 4) is 17.9 Å². The normalized spacial score (nSPS) is 10.8. The van der Waals surface area contributed by atoms with Crippen molar-refractivity contribution in [2.75, 3.05) is 13.7 Å². The molecule has 154 valence electrons. The van der Waals surface area contributed by atoms with Crippen molar-refractivity contribution >= 4 is 74.3 Å². The molecule has 1 aromatic carbocycles. The number of esters is 1. The molecule has 0 aliphatic carbocycles. The molecule has 1 heterocycles. The third-order valence-electron chi connectivity index (χ3n) is 4.07. The molecule has 0 unspecified atom stereocenters. The van der Waals surface area contributed by atoms with Gasteiger partial charge in [0.2, 0.25) is 0 Å². The Balaban J connectivity index is 2.38. The van der Waals surface area contributed by atoms with Gasteiger partial charge < -0.3 is 9.47 Å². The molecule has 0 amide bonds. The Morgan fingerprint density at radius 2 is 1.87 bits per heavy atom. The first kappa shape index (κ1) is 24.3. The van der Waals surface area contributed by atoms with Gasteiger partial charge in [-0.05, 0) is 88.4 Å². The maximum Gasteiger partial charge on any atom is 0.348 e. The van der Waals surface area contributed by atoms with Crippen molar-refractivity contribution in [3.63, 3.8) is 0 Å². The number of thiophene rings is 1. The van der Waals surface area contributed by atoms with Gasteiger partial charge >= 0.3 is 5.97 Å². The van der Waals surface area contributed by atoms with Gasteiger partial charge in [0.1, 0.15) is 22.8 Å². The zero-order valence-corrected chi connectivity index (χ0v) is 21.5. The number of benzene rings is 1. The van der Waals surface area contributed by atoms with Gasteiger partial charge in [0.25, 0.3) is 0 Å². The fourth-order valence-corrected chi connectivity index (χ4v) is 6.08. The first-order valence-electron chi connectivity index (χ1n) is 8.64. The van der Waals surface area contributed by atoms with Crippen molar-refractivity contribution in [3.05, 3.63) is 51.3 Å². The second kappa shape index (κ2) is 10.9. The quantitative estimate of drug-likeness (QED) is 0.181. The van der Waals surface area contributed by atoms with E-state index in [4.69, 9.17) is 9.47 Å². The topological polar surface area (TPSA) is 100 Å². The lowest BCUT2D eigenvalue weighted by molar-refractivity contribution is -0.114. The van der Waals surface area contributed by atoms with Gasteiger partial charge in [-0.1, -0.05) is 0 Å². The van der Waals surface area contributed by atoms with E-state index in [2.05, 4.69) is 51.3 Å². The van der Waals surface area contributed by atoms with Crippen LogP contribution < -0.4 is 4.74 Å². The molecule has 0 N–H and O–H groups in total. The molecule has 0 aliphatic heterocycles. The van der Waals surface area contributed by atoms with Gasteiger partial charge in [-0.15, -0.1) is 11.3 Å². The Bertz CT molecular complexity index is 1100. The third-order valence-corrected chi connectivity index (χ3v) is 6.94. The summed E-state index contributed by atoms with van der Waals surface area (Å²) in [5, 5.41) is 19.0. The standard InChI is InChI=1S/C21H16I2N2O4S/c1-4-29-21(27)20-11(2)14(10-25)18(30-20)8-17(26)13(9-24)5-12-6-15(22)19(28-3)16(23)7-12/h5-7H,4,8H2,1-3H3/b13-5+. The van der Waals surface area contributed by atoms with E-state index in [1.807, 2.05) is 18.2 Å². The number of hydrogen-bond acceptors (Lipinski definition) is 7. The molecule has 0 fully saturated rings. The largest absolute Gasteiger partial charge is 0.495 e. The summed E-state index contributed by atoms with van der Waals surface area (Å²) >= 11 is 5.32. The van der Waals surface area contributed by atoms with E-state index in [0.29, 0.717) is 20.9 Å². The van der Waals surface area contributed by atoms with E-state index in [-0.39, 0.29) is 24.2 Å². The molecule has 0 aliphatic rings. The van der Waals surface area contributed by atoms with Crippen LogP contribution in [0.15, 0.2) is 17.7 Å². The highest BCUT2D eigenvalue weighted by atomic mass is 127. The first-order valence-corrected chi connectivity index (χ1v) is 11.6. The molecule has 2 rings (SSSR count). The summed E-state index contributed by atoms with van der Waals surface area (Å²) in [7, 11) is 1.58. The number of carbonyl (C=O) groups is 2. The van der Waals surface area contributed by atoms with Crippen LogP contribution in [0.3, 0.4) is 0 Å². The summed E-state index contributed by atoms with van der Waals surface area (Å²) in [5.41, 5.74) is 1.44. The maximum absolute atomic E-state index is 12.8. The third kappa shape index (κ3) is 5.39. The van der Waals surface area contributed by atoms with E-state index in [1.54, 1.807) is 21.0 Å². The van der Waals surface area contributed by atoms with Gasteiger partial charge in [-0.3, -0.25) is 4.79 Å². The van der Waals surface area contributed by atoms with Gasteiger partial charge in [-0.2, -0.15) is 10.5 Å². The number of halogens is 2. The number of carbonyl (C=O) groups excluding carboxylic acids is 2. The molecule has 6 nitrogen and oxygen atoms in total. The van der Waals surface area contributed by atoms with Crippen LogP contribution in [-0.4, -0.2) is 25.5 Å². The minimum atomic E-state index is -0.520. The number of rotatable bonds is 7. The smallest absolute Gasteiger partial charge is 0.348 e. The number of nitrogens with zero attached hydrogens (tertiary/aromatic N) is 2. The number of Topliss-reactive ketones (excluding diaryl/α,β-unsaturated/α-hetero) is 1. The molecule has 9 heteroatoms. The van der Waals surface area contributed by atoms with Crippen LogP contribution in [0.2, 0.25) is 0 Å². The molecule has 1 aromatic heterocycles. The van der Waals surface area contributed by atoms with E-state index >= 15 is 0 Å². The number of hydrogen-bond donors (Lipinski definition) is 0. The van der Waals surface area contributed by atoms with Crippen LogP contribution in [-0.2, 0) is 16.0 Å². The molecule has 2 aromatic rings. The summed E-state index contributed by atoms with van der Waals surface area (Å²) in [6.07, 6.45) is 1.38. The lowest BCUT2D eigenvalue weighted by Crippen LogP contribution is -2.05. The van der Waals surface area contributed by atoms with Gasteiger partial charge in [0, 0.05) is 11.3 Å². The predicted octanol–water partition coefficient (Wildman–Crippen LogP) is 5.04. The van der Waals surface area contributed by atoms with Gasteiger partial charge in [-0.25, -0.2) is 4.79 Å². The van der Waals surface area contributed by atoms with Crippen molar-refractivity contribution in [2.45, 2.75) is 20.3 Å². The summed E-state index contributed by atoms with van der Waals surface area (Å²) in [6, 6.07) is 7.64. The highest BCUT2D eigenvalue weighted by Gasteiger charge is 2.23. The number of nitriles is 2. The zero-order chi connectivity index (χ0) is 22.4. The van der Waals surface area contributed by atoms with E-state index < -0.39 is 11.8 Å². The second-order valence-electron chi connectivity index (χ2n) is 5.97. The Morgan fingerprint density at radius 3 is 2.37 bits per heavy atom. The fraction of sp³-hybridized carbons (Fsp3) is 0.238. The lowest BCUT2D eigenvalue weighted by Gasteiger charge is -2.07. The van der Waals surface area contributed by atoms with E-state index in [0.717, 1.165) is 24.2 Å². The number of allylic oxidation sites excluding steroid dienone is 1. The monoisotopic (exact) mass is 646 g/mol. The molecular formula is C21H16I2N2O4S. The number of ketones is 1. The second-order valence-corrected chi connectivity index (χ2v) is 9.40. The summed E-state index contributed by atoms with van der Waals surface area (Å²) in [6.45, 7) is 3.56. The van der Waals surface area contributed by atoms with Gasteiger partial charge in [0.05, 0.1) is 32.0 Å². The zero-order valence-electron chi connectivity index (χ0n) is 16.3. The highest BCUT2D eigenvalue weighted by molar-refractivity contribution is 14.1. The minimum Gasteiger partial charge on any atom is -0.495 e. The summed E-state index contributed by atoms with van der Waals surface area (Å²) < 4.78 is 12.1. The van der Waals surface area contributed by atoms with Crippen molar-refractivity contribution in [2.24, 2.45) is 0 Å². The lowest BCUT2D eigenvalue weighted by atomic mass is 10.0. The van der Waals surface area contributed by atoms with Crippen LogP contribution in [0.25, 0.3) is 6.08 Å². The molecule has 0 saturated carbocycles. The molecule has 0 saturated heterocycles. The van der Waals surface area contributed by atoms with Crippen LogP contribution >= 0.6 is 56.5 Å². The molecule has 30 heavy (non-hydrogen) atoms. The summed E-state index contributed by atoms with van der Waals surface area (Å²) in [5.74, 6) is -0.211. The average Bonchev–Trinajstić information content (AvgIpc) is 3.01. The molecule has 0 radical (unpaired) electrons. The maximum atomic E-state index is 12.8. The van der Waals surface area contributed by atoms with Crippen LogP contribution in [0.1, 0.15) is 38.2 Å². The van der Waals surface area contributed by atoms with Gasteiger partial charge in [0.15, 0.2) is 5.78 Å². The molecule has 0 spiro atoms. The number of ether oxygens (including phenoxy) is 2. The molecular weight excluding hydrogens is 630 g/mol. The van der Waals surface area contributed by atoms with Crippen molar-refractivity contribution < 1.29 is 19.1 Å². The average molecular weight is 646 g/mol. The predicted molar refractivity (Wildman–Crippen MR) is 130 cm³/mol. The van der Waals surface area contributed by atoms with E-state index in [9.17, 15) is 20.1 Å². The minimum absolute atomic E-state index is 0.0283. The van der Waals surface area contributed by atoms with Crippen LogP contribution in [0, 0.1) is 36.7 Å². The van der Waals surface area contributed by atoms with Crippen molar-refractivity contribution in [1.82, 2.24) is 0 Å². The van der Waals surface area contributed by atoms with Crippen LogP contribution in [0.5, 0.6) is 5.75 Å². The Kier molecular flexibility index (Phi) is 8.82. The molecule has 0 atom stereocenters. The van der Waals surface area contributed by atoms with Crippen LogP contribution in [0.4, 0.5) is 0 Å². The SMILES string of the molecule is CCOC(=O)c1sc(CC(=O)/C(C#N)=C/c2cc(I)c(OC)c(I)c2)c(C#N)c1C. The van der Waals surface area contributed by atoms with Crippen molar-refractivity contribution in [1.29, 1.82) is 10.5 Å². The first-order chi connectivity index (χ1) is 14.3. The molecule has 0 bridgehead atoms. The highest BCUT2D eigenvalue weighted by Crippen LogP contribution is 2.31. The Morgan fingerprint density at radius 1 is 1.23 bits per heavy atom. The Labute approximate surface area is 205 Å². The van der Waals surface area contributed by atoms with E-state index in [1.165, 1.54) is 6.08 Å².